The van der Waals surface area contributed by atoms with Gasteiger partial charge in [0.05, 0.1) is 43.7 Å². The average molecular weight is 506 g/mol. The topological polar surface area (TPSA) is 58.6 Å². The van der Waals surface area contributed by atoms with Gasteiger partial charge in [-0.1, -0.05) is 34.8 Å². The molecule has 1 aromatic carbocycles. The quantitative estimate of drug-likeness (QED) is 0.624. The monoisotopic (exact) mass is 504 g/mol. The van der Waals surface area contributed by atoms with Crippen LogP contribution < -0.4 is 19.7 Å². The van der Waals surface area contributed by atoms with Crippen molar-refractivity contribution in [2.45, 2.75) is 0 Å². The Kier molecular flexibility index (Phi) is 7.36. The Hall–Kier alpha value is -1.42. The highest BCUT2D eigenvalue weighted by atomic mass is 35.5. The molecule has 2 aliphatic rings. The normalized spacial score (nSPS) is 16.7. The minimum atomic E-state index is 0.236. The van der Waals surface area contributed by atoms with Crippen molar-refractivity contribution in [3.8, 4) is 11.5 Å². The molecule has 1 fully saturated rings. The van der Waals surface area contributed by atoms with Crippen molar-refractivity contribution < 1.29 is 14.2 Å². The van der Waals surface area contributed by atoms with Gasteiger partial charge >= 0.3 is 0 Å². The average Bonchev–Trinajstić information content (AvgIpc) is 3.27. The highest BCUT2D eigenvalue weighted by Gasteiger charge is 2.31. The lowest BCUT2D eigenvalue weighted by Gasteiger charge is -2.31. The van der Waals surface area contributed by atoms with Crippen LogP contribution >= 0.6 is 46.1 Å². The fourth-order valence-corrected chi connectivity index (χ4v) is 5.77. The van der Waals surface area contributed by atoms with Gasteiger partial charge in [-0.05, 0) is 11.4 Å². The Morgan fingerprint density at radius 3 is 2.42 bits per heavy atom. The van der Waals surface area contributed by atoms with Crippen LogP contribution in [0.3, 0.4) is 0 Å². The SMILES string of the molecule is COc1c(Cl)c(OC)c(Cl)c(N2CN=C(NCCN3CCOCC3)c3sccc32)c1Cl. The van der Waals surface area contributed by atoms with E-state index in [1.165, 1.54) is 14.2 Å². The first-order valence-corrected chi connectivity index (χ1v) is 11.8. The van der Waals surface area contributed by atoms with Crippen molar-refractivity contribution >= 4 is 63.3 Å². The number of fused-ring (bicyclic) bond motifs is 1. The summed E-state index contributed by atoms with van der Waals surface area (Å²) >= 11 is 21.3. The molecule has 3 heterocycles. The number of nitrogens with zero attached hydrogens (tertiary/aromatic N) is 3. The van der Waals surface area contributed by atoms with E-state index in [0.29, 0.717) is 33.9 Å². The van der Waals surface area contributed by atoms with E-state index in [-0.39, 0.29) is 5.02 Å². The van der Waals surface area contributed by atoms with Gasteiger partial charge in [-0.15, -0.1) is 11.3 Å². The van der Waals surface area contributed by atoms with Crippen LogP contribution in [0.25, 0.3) is 0 Å². The number of methoxy groups -OCH3 is 2. The van der Waals surface area contributed by atoms with Crippen molar-refractivity contribution in [1.29, 1.82) is 0 Å². The van der Waals surface area contributed by atoms with E-state index in [0.717, 1.165) is 55.8 Å². The first kappa shape index (κ1) is 22.8. The number of thiophene rings is 1. The maximum Gasteiger partial charge on any atom is 0.162 e. The number of rotatable bonds is 6. The van der Waals surface area contributed by atoms with E-state index in [2.05, 4.69) is 10.2 Å². The lowest BCUT2D eigenvalue weighted by molar-refractivity contribution is 0.0389. The fraction of sp³-hybridized carbons (Fsp3) is 0.450. The molecule has 11 heteroatoms. The number of halogens is 3. The molecule has 0 spiro atoms. The molecule has 0 radical (unpaired) electrons. The molecule has 0 bridgehead atoms. The molecule has 0 amide bonds. The molecule has 168 valence electrons. The standard InChI is InChI=1S/C20H23Cl3N4O3S/c1-28-17-13(21)16(14(22)18(29-2)15(17)23)27-11-25-20(19-12(27)3-10-31-19)24-4-5-26-6-8-30-9-7-26/h3,10H,4-9,11H2,1-2H3,(H,24,25). The zero-order chi connectivity index (χ0) is 22.0. The highest BCUT2D eigenvalue weighted by Crippen LogP contribution is 2.54. The number of aliphatic imine (C=N–C) groups is 1. The van der Waals surface area contributed by atoms with Crippen LogP contribution in [0.15, 0.2) is 16.4 Å². The number of hydrogen-bond donors (Lipinski definition) is 1. The van der Waals surface area contributed by atoms with Crippen LogP contribution in [0.2, 0.25) is 15.1 Å². The third kappa shape index (κ3) is 4.42. The summed E-state index contributed by atoms with van der Waals surface area (Å²) in [6.45, 7) is 5.60. The van der Waals surface area contributed by atoms with Gasteiger partial charge < -0.3 is 24.4 Å². The maximum absolute atomic E-state index is 6.65. The zero-order valence-corrected chi connectivity index (χ0v) is 20.3. The largest absolute Gasteiger partial charge is 0.493 e. The molecule has 1 saturated heterocycles. The summed E-state index contributed by atoms with van der Waals surface area (Å²) in [6.07, 6.45) is 0. The molecule has 1 aromatic heterocycles. The Morgan fingerprint density at radius 1 is 1.10 bits per heavy atom. The van der Waals surface area contributed by atoms with E-state index < -0.39 is 0 Å². The van der Waals surface area contributed by atoms with Crippen LogP contribution in [0, 0.1) is 0 Å². The number of amidine groups is 1. The van der Waals surface area contributed by atoms with Gasteiger partial charge in [-0.3, -0.25) is 4.90 Å². The second-order valence-electron chi connectivity index (χ2n) is 6.95. The molecule has 0 unspecified atom stereocenters. The summed E-state index contributed by atoms with van der Waals surface area (Å²) in [5.74, 6) is 1.50. The van der Waals surface area contributed by atoms with Gasteiger partial charge in [-0.25, -0.2) is 4.99 Å². The van der Waals surface area contributed by atoms with Gasteiger partial charge in [0.2, 0.25) is 0 Å². The summed E-state index contributed by atoms with van der Waals surface area (Å²) in [6, 6.07) is 2.03. The fourth-order valence-electron chi connectivity index (χ4n) is 3.67. The van der Waals surface area contributed by atoms with Crippen LogP contribution in [0.1, 0.15) is 4.88 Å². The van der Waals surface area contributed by atoms with E-state index in [9.17, 15) is 0 Å². The molecule has 4 rings (SSSR count). The molecule has 7 nitrogen and oxygen atoms in total. The maximum atomic E-state index is 6.65. The van der Waals surface area contributed by atoms with Gasteiger partial charge in [0, 0.05) is 26.2 Å². The van der Waals surface area contributed by atoms with E-state index in [4.69, 9.17) is 54.0 Å². The van der Waals surface area contributed by atoms with Crippen molar-refractivity contribution in [3.63, 3.8) is 0 Å². The molecule has 1 N–H and O–H groups in total. The summed E-state index contributed by atoms with van der Waals surface area (Å²) in [7, 11) is 3.01. The summed E-state index contributed by atoms with van der Waals surface area (Å²) in [5.41, 5.74) is 1.52. The molecule has 31 heavy (non-hydrogen) atoms. The second kappa shape index (κ2) is 10.0. The molecule has 0 atom stereocenters. The number of ether oxygens (including phenoxy) is 3. The molecule has 0 aliphatic carbocycles. The Morgan fingerprint density at radius 2 is 1.77 bits per heavy atom. The van der Waals surface area contributed by atoms with Gasteiger partial charge in [-0.2, -0.15) is 0 Å². The Balaban J connectivity index is 1.59. The molecule has 2 aliphatic heterocycles. The number of nitrogens with one attached hydrogen (secondary N) is 1. The van der Waals surface area contributed by atoms with Crippen LogP contribution in [0.5, 0.6) is 11.5 Å². The molecule has 0 saturated carbocycles. The molecular formula is C20H23Cl3N4O3S. The summed E-state index contributed by atoms with van der Waals surface area (Å²) in [4.78, 5) is 10.1. The minimum Gasteiger partial charge on any atom is -0.493 e. The Bertz CT molecular complexity index is 948. The van der Waals surface area contributed by atoms with Crippen molar-refractivity contribution in [3.05, 3.63) is 31.4 Å². The smallest absolute Gasteiger partial charge is 0.162 e. The minimum absolute atomic E-state index is 0.236. The highest BCUT2D eigenvalue weighted by molar-refractivity contribution is 7.12. The van der Waals surface area contributed by atoms with Gasteiger partial charge in [0.1, 0.15) is 27.6 Å². The van der Waals surface area contributed by atoms with Gasteiger partial charge in [0.15, 0.2) is 11.5 Å². The number of benzene rings is 1. The molecular weight excluding hydrogens is 483 g/mol. The second-order valence-corrected chi connectivity index (χ2v) is 9.00. The lowest BCUT2D eigenvalue weighted by atomic mass is 10.2. The zero-order valence-electron chi connectivity index (χ0n) is 17.2. The number of morpholine rings is 1. The Labute approximate surface area is 200 Å². The first-order valence-electron chi connectivity index (χ1n) is 9.79. The van der Waals surface area contributed by atoms with Gasteiger partial charge in [0.25, 0.3) is 0 Å². The third-order valence-corrected chi connectivity index (χ3v) is 7.19. The third-order valence-electron chi connectivity index (χ3n) is 5.24. The predicted octanol–water partition coefficient (Wildman–Crippen LogP) is 4.50. The summed E-state index contributed by atoms with van der Waals surface area (Å²) < 4.78 is 16.2. The lowest BCUT2D eigenvalue weighted by Crippen LogP contribution is -2.42. The van der Waals surface area contributed by atoms with E-state index in [1.807, 2.05) is 16.3 Å². The van der Waals surface area contributed by atoms with Crippen LogP contribution in [-0.4, -0.2) is 71.0 Å². The van der Waals surface area contributed by atoms with Crippen LogP contribution in [-0.2, 0) is 4.74 Å². The van der Waals surface area contributed by atoms with Crippen molar-refractivity contribution in [1.82, 2.24) is 10.2 Å². The predicted molar refractivity (Wildman–Crippen MR) is 128 cm³/mol. The van der Waals surface area contributed by atoms with Crippen molar-refractivity contribution in [2.75, 3.05) is 65.2 Å². The van der Waals surface area contributed by atoms with E-state index >= 15 is 0 Å². The number of anilines is 2. The summed E-state index contributed by atoms with van der Waals surface area (Å²) in [5, 5.41) is 6.37. The molecule has 2 aromatic rings. The van der Waals surface area contributed by atoms with Crippen molar-refractivity contribution in [2.24, 2.45) is 4.99 Å². The van der Waals surface area contributed by atoms with E-state index in [1.54, 1.807) is 11.3 Å². The number of hydrogen-bond acceptors (Lipinski definition) is 8. The first-order chi connectivity index (χ1) is 15.1. The van der Waals surface area contributed by atoms with Crippen LogP contribution in [0.4, 0.5) is 11.4 Å².